The van der Waals surface area contributed by atoms with Gasteiger partial charge in [0.1, 0.15) is 11.4 Å². The Bertz CT molecular complexity index is 777. The van der Waals surface area contributed by atoms with Gasteiger partial charge in [-0.1, -0.05) is 12.1 Å². The Morgan fingerprint density at radius 3 is 2.74 bits per heavy atom. The standard InChI is InChI=1S/C14H10N2O3/c17-11-3-1-2-9(6-11)12-8-16-7-10(14(18)19)4-5-13(16)15-12/h1-8,17H,(H,18,19). The van der Waals surface area contributed by atoms with Crippen LogP contribution in [-0.2, 0) is 0 Å². The van der Waals surface area contributed by atoms with Gasteiger partial charge in [0, 0.05) is 18.0 Å². The number of rotatable bonds is 2. The molecule has 2 heterocycles. The molecular weight excluding hydrogens is 244 g/mol. The molecule has 0 aliphatic carbocycles. The van der Waals surface area contributed by atoms with Crippen LogP contribution in [0.5, 0.6) is 5.75 Å². The monoisotopic (exact) mass is 254 g/mol. The van der Waals surface area contributed by atoms with Gasteiger partial charge < -0.3 is 14.6 Å². The van der Waals surface area contributed by atoms with Gasteiger partial charge >= 0.3 is 5.97 Å². The summed E-state index contributed by atoms with van der Waals surface area (Å²) in [6, 6.07) is 9.92. The average molecular weight is 254 g/mol. The van der Waals surface area contributed by atoms with Crippen molar-refractivity contribution in [2.45, 2.75) is 0 Å². The predicted octanol–water partition coefficient (Wildman–Crippen LogP) is 2.41. The first kappa shape index (κ1) is 11.3. The summed E-state index contributed by atoms with van der Waals surface area (Å²) in [5.41, 5.74) is 2.31. The van der Waals surface area contributed by atoms with Crippen LogP contribution in [0.3, 0.4) is 0 Å². The van der Waals surface area contributed by atoms with Crippen LogP contribution >= 0.6 is 0 Å². The Balaban J connectivity index is 2.14. The van der Waals surface area contributed by atoms with Crippen molar-refractivity contribution in [1.82, 2.24) is 9.38 Å². The molecular formula is C14H10N2O3. The molecule has 0 saturated heterocycles. The van der Waals surface area contributed by atoms with Crippen LogP contribution in [0.15, 0.2) is 48.8 Å². The van der Waals surface area contributed by atoms with Gasteiger partial charge in [-0.3, -0.25) is 0 Å². The predicted molar refractivity (Wildman–Crippen MR) is 69.3 cm³/mol. The fourth-order valence-electron chi connectivity index (χ4n) is 1.92. The van der Waals surface area contributed by atoms with Crippen LogP contribution in [0.4, 0.5) is 0 Å². The van der Waals surface area contributed by atoms with Crippen molar-refractivity contribution in [3.05, 3.63) is 54.4 Å². The van der Waals surface area contributed by atoms with Gasteiger partial charge in [0.05, 0.1) is 11.3 Å². The zero-order valence-corrected chi connectivity index (χ0v) is 9.82. The Morgan fingerprint density at radius 2 is 2.00 bits per heavy atom. The summed E-state index contributed by atoms with van der Waals surface area (Å²) >= 11 is 0. The Morgan fingerprint density at radius 1 is 1.16 bits per heavy atom. The van der Waals surface area contributed by atoms with Crippen LogP contribution in [0, 0.1) is 0 Å². The van der Waals surface area contributed by atoms with Crippen molar-refractivity contribution in [3.8, 4) is 17.0 Å². The molecule has 3 aromatic rings. The molecule has 5 heteroatoms. The normalized spacial score (nSPS) is 10.7. The molecule has 2 N–H and O–H groups in total. The second-order valence-corrected chi connectivity index (χ2v) is 4.16. The van der Waals surface area contributed by atoms with Crippen molar-refractivity contribution in [3.63, 3.8) is 0 Å². The van der Waals surface area contributed by atoms with E-state index in [-0.39, 0.29) is 11.3 Å². The van der Waals surface area contributed by atoms with Gasteiger partial charge in [-0.15, -0.1) is 0 Å². The molecule has 1 aromatic carbocycles. The number of hydrogen-bond acceptors (Lipinski definition) is 3. The molecule has 19 heavy (non-hydrogen) atoms. The molecule has 0 atom stereocenters. The maximum atomic E-state index is 10.9. The zero-order valence-electron chi connectivity index (χ0n) is 9.82. The maximum Gasteiger partial charge on any atom is 0.337 e. The molecule has 3 rings (SSSR count). The number of aromatic carboxylic acids is 1. The number of carboxylic acid groups (broad SMARTS) is 1. The summed E-state index contributed by atoms with van der Waals surface area (Å²) in [4.78, 5) is 15.3. The number of fused-ring (bicyclic) bond motifs is 1. The van der Waals surface area contributed by atoms with Crippen LogP contribution < -0.4 is 0 Å². The molecule has 0 bridgehead atoms. The highest BCUT2D eigenvalue weighted by molar-refractivity contribution is 5.87. The first-order valence-electron chi connectivity index (χ1n) is 5.65. The van der Waals surface area contributed by atoms with E-state index < -0.39 is 5.97 Å². The van der Waals surface area contributed by atoms with Crippen LogP contribution in [-0.4, -0.2) is 25.6 Å². The second kappa shape index (κ2) is 4.13. The van der Waals surface area contributed by atoms with Crippen molar-refractivity contribution >= 4 is 11.6 Å². The smallest absolute Gasteiger partial charge is 0.337 e. The topological polar surface area (TPSA) is 74.8 Å². The van der Waals surface area contributed by atoms with E-state index in [1.165, 1.54) is 12.3 Å². The van der Waals surface area contributed by atoms with E-state index in [0.717, 1.165) is 5.56 Å². The largest absolute Gasteiger partial charge is 0.508 e. The lowest BCUT2D eigenvalue weighted by molar-refractivity contribution is 0.0696. The van der Waals surface area contributed by atoms with Gasteiger partial charge in [0.15, 0.2) is 0 Å². The molecule has 0 aliphatic heterocycles. The number of pyridine rings is 1. The third-order valence-corrected chi connectivity index (χ3v) is 2.84. The number of hydrogen-bond donors (Lipinski definition) is 2. The van der Waals surface area contributed by atoms with E-state index in [1.54, 1.807) is 34.9 Å². The van der Waals surface area contributed by atoms with Crippen molar-refractivity contribution in [2.24, 2.45) is 0 Å². The number of aromatic hydroxyl groups is 1. The minimum absolute atomic E-state index is 0.167. The fraction of sp³-hybridized carbons (Fsp3) is 0. The zero-order chi connectivity index (χ0) is 13.4. The SMILES string of the molecule is O=C(O)c1ccc2nc(-c3cccc(O)c3)cn2c1. The second-order valence-electron chi connectivity index (χ2n) is 4.16. The van der Waals surface area contributed by atoms with Gasteiger partial charge in [0.25, 0.3) is 0 Å². The third-order valence-electron chi connectivity index (χ3n) is 2.84. The van der Waals surface area contributed by atoms with Crippen molar-refractivity contribution < 1.29 is 15.0 Å². The van der Waals surface area contributed by atoms with E-state index >= 15 is 0 Å². The molecule has 2 aromatic heterocycles. The minimum atomic E-state index is -0.977. The lowest BCUT2D eigenvalue weighted by Crippen LogP contribution is -1.97. The summed E-state index contributed by atoms with van der Waals surface area (Å²) in [7, 11) is 0. The summed E-state index contributed by atoms with van der Waals surface area (Å²) in [5, 5.41) is 18.4. The van der Waals surface area contributed by atoms with E-state index in [4.69, 9.17) is 5.11 Å². The molecule has 5 nitrogen and oxygen atoms in total. The highest BCUT2D eigenvalue weighted by Gasteiger charge is 2.08. The number of carbonyl (C=O) groups is 1. The molecule has 0 radical (unpaired) electrons. The van der Waals surface area contributed by atoms with Crippen molar-refractivity contribution in [2.75, 3.05) is 0 Å². The van der Waals surface area contributed by atoms with Crippen LogP contribution in [0.2, 0.25) is 0 Å². The quantitative estimate of drug-likeness (QED) is 0.736. The molecule has 0 spiro atoms. The van der Waals surface area contributed by atoms with Gasteiger partial charge in [-0.2, -0.15) is 0 Å². The third kappa shape index (κ3) is 2.01. The number of nitrogens with zero attached hydrogens (tertiary/aromatic N) is 2. The molecule has 0 saturated carbocycles. The number of aromatic nitrogens is 2. The summed E-state index contributed by atoms with van der Waals surface area (Å²) in [6.45, 7) is 0. The summed E-state index contributed by atoms with van der Waals surface area (Å²) in [6.07, 6.45) is 3.24. The maximum absolute atomic E-state index is 10.9. The number of phenols is 1. The first-order valence-corrected chi connectivity index (χ1v) is 5.65. The highest BCUT2D eigenvalue weighted by Crippen LogP contribution is 2.23. The summed E-state index contributed by atoms with van der Waals surface area (Å²) < 4.78 is 1.66. The number of phenolic OH excluding ortho intramolecular Hbond substituents is 1. The highest BCUT2D eigenvalue weighted by atomic mass is 16.4. The van der Waals surface area contributed by atoms with Crippen LogP contribution in [0.1, 0.15) is 10.4 Å². The van der Waals surface area contributed by atoms with Crippen LogP contribution in [0.25, 0.3) is 16.9 Å². The van der Waals surface area contributed by atoms with E-state index in [1.807, 2.05) is 6.07 Å². The summed E-state index contributed by atoms with van der Waals surface area (Å²) in [5.74, 6) is -0.810. The fourth-order valence-corrected chi connectivity index (χ4v) is 1.92. The van der Waals surface area contributed by atoms with Gasteiger partial charge in [-0.25, -0.2) is 9.78 Å². The Kier molecular flexibility index (Phi) is 2.45. The van der Waals surface area contributed by atoms with Crippen molar-refractivity contribution in [1.29, 1.82) is 0 Å². The number of imidazole rings is 1. The lowest BCUT2D eigenvalue weighted by Gasteiger charge is -1.96. The van der Waals surface area contributed by atoms with E-state index in [9.17, 15) is 9.90 Å². The first-order chi connectivity index (χ1) is 9.13. The van der Waals surface area contributed by atoms with Gasteiger partial charge in [-0.05, 0) is 24.3 Å². The van der Waals surface area contributed by atoms with Gasteiger partial charge in [0.2, 0.25) is 0 Å². The number of carboxylic acids is 1. The Labute approximate surface area is 108 Å². The molecule has 0 aliphatic rings. The Hall–Kier alpha value is -2.82. The number of benzene rings is 1. The van der Waals surface area contributed by atoms with E-state index in [2.05, 4.69) is 4.98 Å². The van der Waals surface area contributed by atoms with E-state index in [0.29, 0.717) is 11.3 Å². The molecule has 0 unspecified atom stereocenters. The lowest BCUT2D eigenvalue weighted by atomic mass is 10.1. The molecule has 94 valence electrons. The average Bonchev–Trinajstić information content (AvgIpc) is 2.81. The molecule has 0 amide bonds. The molecule has 0 fully saturated rings. The minimum Gasteiger partial charge on any atom is -0.508 e.